The molecule has 0 unspecified atom stereocenters. The summed E-state index contributed by atoms with van der Waals surface area (Å²) in [6, 6.07) is 7.52. The summed E-state index contributed by atoms with van der Waals surface area (Å²) in [5, 5.41) is 4.30. The normalized spacial score (nSPS) is 15.8. The van der Waals surface area contributed by atoms with Crippen LogP contribution >= 0.6 is 0 Å². The molecular weight excluding hydrogens is 414 g/mol. The third-order valence-corrected chi connectivity index (χ3v) is 5.07. The zero-order valence-corrected chi connectivity index (χ0v) is 16.7. The van der Waals surface area contributed by atoms with E-state index in [4.69, 9.17) is 0 Å². The first-order valence-corrected chi connectivity index (χ1v) is 9.71. The molecular formula is C21H19F4N5O. The molecule has 3 heterocycles. The number of hydrogen-bond donors (Lipinski definition) is 0. The smallest absolute Gasteiger partial charge is 0.265 e. The Kier molecular flexibility index (Phi) is 5.47. The summed E-state index contributed by atoms with van der Waals surface area (Å²) in [7, 11) is 0. The van der Waals surface area contributed by atoms with Gasteiger partial charge in [0.2, 0.25) is 0 Å². The van der Waals surface area contributed by atoms with E-state index in [1.54, 1.807) is 18.2 Å². The third kappa shape index (κ3) is 4.42. The average molecular weight is 433 g/mol. The number of benzene rings is 1. The van der Waals surface area contributed by atoms with E-state index in [1.807, 2.05) is 0 Å². The van der Waals surface area contributed by atoms with Gasteiger partial charge in [0.25, 0.3) is 5.92 Å². The highest BCUT2D eigenvalue weighted by atomic mass is 19.3. The van der Waals surface area contributed by atoms with Gasteiger partial charge in [0.15, 0.2) is 23.2 Å². The summed E-state index contributed by atoms with van der Waals surface area (Å²) < 4.78 is 57.3. The highest BCUT2D eigenvalue weighted by molar-refractivity contribution is 5.93. The molecule has 0 aliphatic carbocycles. The van der Waals surface area contributed by atoms with Crippen LogP contribution in [0.2, 0.25) is 0 Å². The first-order valence-electron chi connectivity index (χ1n) is 9.71. The molecule has 1 aliphatic heterocycles. The fourth-order valence-corrected chi connectivity index (χ4v) is 3.57. The lowest BCUT2D eigenvalue weighted by Gasteiger charge is -2.33. The van der Waals surface area contributed by atoms with E-state index >= 15 is 0 Å². The number of alkyl halides is 2. The number of rotatable bonds is 5. The molecule has 6 nitrogen and oxygen atoms in total. The second-order valence-corrected chi connectivity index (χ2v) is 7.47. The van der Waals surface area contributed by atoms with Crippen LogP contribution in [0.4, 0.5) is 23.4 Å². The molecule has 1 aromatic carbocycles. The average Bonchev–Trinajstić information content (AvgIpc) is 3.13. The number of hydrogen-bond acceptors (Lipinski definition) is 5. The van der Waals surface area contributed by atoms with E-state index < -0.39 is 24.1 Å². The first kappa shape index (κ1) is 21.0. The van der Waals surface area contributed by atoms with Gasteiger partial charge in [-0.05, 0) is 18.6 Å². The van der Waals surface area contributed by atoms with Crippen LogP contribution in [0.1, 0.15) is 35.8 Å². The van der Waals surface area contributed by atoms with Crippen LogP contribution in [0.25, 0.3) is 11.5 Å². The molecule has 0 bridgehead atoms. The molecule has 31 heavy (non-hydrogen) atoms. The number of piperidine rings is 1. The number of anilines is 1. The van der Waals surface area contributed by atoms with Gasteiger partial charge in [0.05, 0.1) is 19.3 Å². The molecule has 2 aromatic heterocycles. The summed E-state index contributed by atoms with van der Waals surface area (Å²) in [4.78, 5) is 21.3. The molecule has 0 radical (unpaired) electrons. The van der Waals surface area contributed by atoms with Crippen molar-refractivity contribution in [3.63, 3.8) is 0 Å². The monoisotopic (exact) mass is 433 g/mol. The Morgan fingerprint density at radius 3 is 2.68 bits per heavy atom. The van der Waals surface area contributed by atoms with Crippen molar-refractivity contribution in [2.24, 2.45) is 0 Å². The van der Waals surface area contributed by atoms with Crippen LogP contribution in [0, 0.1) is 11.6 Å². The van der Waals surface area contributed by atoms with Crippen molar-refractivity contribution in [1.82, 2.24) is 19.7 Å². The Morgan fingerprint density at radius 2 is 1.97 bits per heavy atom. The molecule has 10 heteroatoms. The Hall–Kier alpha value is -3.30. The minimum Gasteiger partial charge on any atom is -0.348 e. The highest BCUT2D eigenvalue weighted by Crippen LogP contribution is 2.31. The quantitative estimate of drug-likeness (QED) is 0.448. The number of aromatic nitrogens is 4. The van der Waals surface area contributed by atoms with Gasteiger partial charge in [-0.25, -0.2) is 27.5 Å². The molecule has 4 rings (SSSR count). The molecule has 162 valence electrons. The summed E-state index contributed by atoms with van der Waals surface area (Å²) in [5.41, 5.74) is 0.680. The Morgan fingerprint density at radius 1 is 1.19 bits per heavy atom. The Labute approximate surface area is 175 Å². The number of ketones is 1. The molecule has 1 saturated heterocycles. The molecule has 0 spiro atoms. The van der Waals surface area contributed by atoms with Gasteiger partial charge in [0, 0.05) is 25.5 Å². The minimum atomic E-state index is -2.93. The third-order valence-electron chi connectivity index (χ3n) is 5.07. The van der Waals surface area contributed by atoms with Crippen molar-refractivity contribution >= 4 is 11.6 Å². The summed E-state index contributed by atoms with van der Waals surface area (Å²) in [6.07, 6.45) is 0.844. The van der Waals surface area contributed by atoms with E-state index in [9.17, 15) is 22.4 Å². The fraction of sp³-hybridized carbons (Fsp3) is 0.333. The zero-order valence-electron chi connectivity index (χ0n) is 16.7. The first-order chi connectivity index (χ1) is 14.7. The SMILES string of the molecule is CC(=O)c1cc(-c2ncc(F)c(N3CCCC(F)(F)C3)n2)nn1Cc1ccccc1F. The minimum absolute atomic E-state index is 0.00597. The second kappa shape index (κ2) is 8.09. The lowest BCUT2D eigenvalue weighted by Crippen LogP contribution is -2.43. The molecule has 1 fully saturated rings. The number of halogens is 4. The molecule has 3 aromatic rings. The van der Waals surface area contributed by atoms with Gasteiger partial charge >= 0.3 is 0 Å². The van der Waals surface area contributed by atoms with Crippen LogP contribution < -0.4 is 4.90 Å². The fourth-order valence-electron chi connectivity index (χ4n) is 3.57. The van der Waals surface area contributed by atoms with Crippen molar-refractivity contribution in [2.45, 2.75) is 32.2 Å². The van der Waals surface area contributed by atoms with Crippen LogP contribution in [-0.2, 0) is 6.54 Å². The van der Waals surface area contributed by atoms with Gasteiger partial charge < -0.3 is 4.90 Å². The van der Waals surface area contributed by atoms with Crippen molar-refractivity contribution < 1.29 is 22.4 Å². The van der Waals surface area contributed by atoms with Crippen molar-refractivity contribution in [3.05, 3.63) is 59.4 Å². The van der Waals surface area contributed by atoms with Crippen LogP contribution in [-0.4, -0.2) is 44.5 Å². The predicted octanol–water partition coefficient (Wildman–Crippen LogP) is 4.10. The van der Waals surface area contributed by atoms with Gasteiger partial charge in [-0.1, -0.05) is 18.2 Å². The largest absolute Gasteiger partial charge is 0.348 e. The molecule has 0 amide bonds. The number of carbonyl (C=O) groups excluding carboxylic acids is 1. The summed E-state index contributed by atoms with van der Waals surface area (Å²) in [6.45, 7) is 0.934. The summed E-state index contributed by atoms with van der Waals surface area (Å²) >= 11 is 0. The number of nitrogens with zero attached hydrogens (tertiary/aromatic N) is 5. The van der Waals surface area contributed by atoms with Gasteiger partial charge in [-0.2, -0.15) is 5.10 Å². The maximum absolute atomic E-state index is 14.3. The van der Waals surface area contributed by atoms with Crippen molar-refractivity contribution in [1.29, 1.82) is 0 Å². The van der Waals surface area contributed by atoms with Gasteiger partial charge in [0.1, 0.15) is 17.2 Å². The van der Waals surface area contributed by atoms with E-state index in [0.717, 1.165) is 6.20 Å². The molecule has 1 aliphatic rings. The van der Waals surface area contributed by atoms with E-state index in [-0.39, 0.29) is 54.7 Å². The topological polar surface area (TPSA) is 63.9 Å². The van der Waals surface area contributed by atoms with Crippen LogP contribution in [0.3, 0.4) is 0 Å². The molecule has 0 atom stereocenters. The maximum atomic E-state index is 14.3. The predicted molar refractivity (Wildman–Crippen MR) is 105 cm³/mol. The van der Waals surface area contributed by atoms with Crippen molar-refractivity contribution in [3.8, 4) is 11.5 Å². The lowest BCUT2D eigenvalue weighted by atomic mass is 10.1. The maximum Gasteiger partial charge on any atom is 0.265 e. The Bertz CT molecular complexity index is 1130. The summed E-state index contributed by atoms with van der Waals surface area (Å²) in [5.74, 6) is -4.76. The van der Waals surface area contributed by atoms with Gasteiger partial charge in [-0.3, -0.25) is 9.48 Å². The number of carbonyl (C=O) groups is 1. The molecule has 0 saturated carbocycles. The Balaban J connectivity index is 1.70. The van der Waals surface area contributed by atoms with E-state index in [2.05, 4.69) is 15.1 Å². The van der Waals surface area contributed by atoms with Crippen LogP contribution in [0.5, 0.6) is 0 Å². The lowest BCUT2D eigenvalue weighted by molar-refractivity contribution is -0.0120. The highest BCUT2D eigenvalue weighted by Gasteiger charge is 2.36. The standard InChI is InChI=1S/C21H19F4N5O/c1-13(31)18-9-17(28-30(18)11-14-5-2-3-6-15(14)22)19-26-10-16(23)20(27-19)29-8-4-7-21(24,25)12-29/h2-3,5-6,9-10H,4,7-8,11-12H2,1H3. The van der Waals surface area contributed by atoms with Crippen molar-refractivity contribution in [2.75, 3.05) is 18.0 Å². The van der Waals surface area contributed by atoms with E-state index in [1.165, 1.54) is 28.6 Å². The molecule has 0 N–H and O–H groups in total. The number of Topliss-reactive ketones (excluding diaryl/α,β-unsaturated/α-hetero) is 1. The second-order valence-electron chi connectivity index (χ2n) is 7.47. The van der Waals surface area contributed by atoms with Crippen LogP contribution in [0.15, 0.2) is 36.5 Å². The van der Waals surface area contributed by atoms with E-state index in [0.29, 0.717) is 5.56 Å². The van der Waals surface area contributed by atoms with Gasteiger partial charge in [-0.15, -0.1) is 0 Å². The zero-order chi connectivity index (χ0) is 22.2.